The monoisotopic (exact) mass is 198 g/mol. The van der Waals surface area contributed by atoms with Crippen LogP contribution < -0.4 is 4.90 Å². The van der Waals surface area contributed by atoms with Crippen LogP contribution in [0.25, 0.3) is 0 Å². The van der Waals surface area contributed by atoms with Gasteiger partial charge in [-0.1, -0.05) is 24.7 Å². The van der Waals surface area contributed by atoms with Crippen molar-refractivity contribution in [2.24, 2.45) is 0 Å². The van der Waals surface area contributed by atoms with E-state index in [-0.39, 0.29) is 0 Å². The van der Waals surface area contributed by atoms with Crippen molar-refractivity contribution in [3.8, 4) is 0 Å². The highest BCUT2D eigenvalue weighted by Gasteiger charge is 2.04. The molecule has 0 saturated carbocycles. The summed E-state index contributed by atoms with van der Waals surface area (Å²) < 4.78 is 0. The van der Waals surface area contributed by atoms with E-state index in [2.05, 4.69) is 16.8 Å². The predicted octanol–water partition coefficient (Wildman–Crippen LogP) is 2.19. The molecule has 0 bridgehead atoms. The van der Waals surface area contributed by atoms with Crippen molar-refractivity contribution in [2.45, 2.75) is 19.8 Å². The molecule has 0 atom stereocenters. The molecular formula is C9H14N2OS. The van der Waals surface area contributed by atoms with Crippen molar-refractivity contribution in [3.05, 3.63) is 11.2 Å². The smallest absolute Gasteiger partial charge is 0.178 e. The van der Waals surface area contributed by atoms with Crippen LogP contribution in [0.4, 0.5) is 5.00 Å². The molecule has 0 radical (unpaired) electrons. The van der Waals surface area contributed by atoms with E-state index in [1.165, 1.54) is 24.2 Å². The van der Waals surface area contributed by atoms with Gasteiger partial charge in [0.05, 0.1) is 6.20 Å². The summed E-state index contributed by atoms with van der Waals surface area (Å²) >= 11 is 1.44. The van der Waals surface area contributed by atoms with Crippen LogP contribution in [0.2, 0.25) is 0 Å². The third-order valence-electron chi connectivity index (χ3n) is 1.84. The molecule has 1 aromatic heterocycles. The van der Waals surface area contributed by atoms with Crippen LogP contribution in [-0.2, 0) is 0 Å². The number of unbranched alkanes of at least 4 members (excludes halogenated alkanes) is 1. The summed E-state index contributed by atoms with van der Waals surface area (Å²) in [5.74, 6) is 0. The van der Waals surface area contributed by atoms with Gasteiger partial charge in [-0.15, -0.1) is 0 Å². The fourth-order valence-corrected chi connectivity index (χ4v) is 1.74. The average molecular weight is 198 g/mol. The number of hydrogen-bond acceptors (Lipinski definition) is 4. The Morgan fingerprint density at radius 1 is 1.69 bits per heavy atom. The van der Waals surface area contributed by atoms with Gasteiger partial charge in [-0.3, -0.25) is 4.79 Å². The van der Waals surface area contributed by atoms with E-state index in [1.54, 1.807) is 6.20 Å². The second kappa shape index (κ2) is 4.97. The second-order valence-corrected chi connectivity index (χ2v) is 3.97. The maximum Gasteiger partial charge on any atom is 0.178 e. The summed E-state index contributed by atoms with van der Waals surface area (Å²) in [6, 6.07) is 0. The Hall–Kier alpha value is -0.900. The molecule has 0 saturated heterocycles. The number of hydrogen-bond donors (Lipinski definition) is 0. The zero-order chi connectivity index (χ0) is 9.68. The number of rotatable bonds is 5. The minimum absolute atomic E-state index is 0.554. The largest absolute Gasteiger partial charge is 0.365 e. The fraction of sp³-hybridized carbons (Fsp3) is 0.556. The number of aldehydes is 1. The zero-order valence-corrected chi connectivity index (χ0v) is 8.80. The Kier molecular flexibility index (Phi) is 3.89. The van der Waals surface area contributed by atoms with E-state index in [0.717, 1.165) is 17.8 Å². The fourth-order valence-electron chi connectivity index (χ4n) is 1.02. The zero-order valence-electron chi connectivity index (χ0n) is 7.99. The van der Waals surface area contributed by atoms with Gasteiger partial charge in [0.25, 0.3) is 0 Å². The summed E-state index contributed by atoms with van der Waals surface area (Å²) in [5.41, 5.74) is 0. The van der Waals surface area contributed by atoms with Gasteiger partial charge in [0.1, 0.15) is 5.00 Å². The quantitative estimate of drug-likeness (QED) is 0.680. The summed E-state index contributed by atoms with van der Waals surface area (Å²) in [6.45, 7) is 3.19. The highest BCUT2D eigenvalue weighted by Crippen LogP contribution is 2.21. The maximum atomic E-state index is 10.4. The molecule has 0 amide bonds. The molecule has 0 aromatic carbocycles. The van der Waals surface area contributed by atoms with Gasteiger partial charge in [0.15, 0.2) is 11.3 Å². The molecule has 0 spiro atoms. The number of thiazole rings is 1. The van der Waals surface area contributed by atoms with Gasteiger partial charge in [-0.05, 0) is 6.42 Å². The molecule has 72 valence electrons. The predicted molar refractivity (Wildman–Crippen MR) is 55.7 cm³/mol. The van der Waals surface area contributed by atoms with Crippen LogP contribution >= 0.6 is 11.3 Å². The highest BCUT2D eigenvalue weighted by atomic mass is 32.1. The van der Waals surface area contributed by atoms with Crippen LogP contribution in [0, 0.1) is 0 Å². The molecule has 0 aliphatic carbocycles. The van der Waals surface area contributed by atoms with E-state index in [9.17, 15) is 4.79 Å². The first-order valence-corrected chi connectivity index (χ1v) is 5.21. The van der Waals surface area contributed by atoms with Crippen LogP contribution in [-0.4, -0.2) is 24.9 Å². The first-order chi connectivity index (χ1) is 6.27. The molecular weight excluding hydrogens is 184 g/mol. The van der Waals surface area contributed by atoms with Crippen molar-refractivity contribution in [3.63, 3.8) is 0 Å². The average Bonchev–Trinajstić information content (AvgIpc) is 2.62. The van der Waals surface area contributed by atoms with Gasteiger partial charge in [-0.2, -0.15) is 0 Å². The van der Waals surface area contributed by atoms with Gasteiger partial charge in [-0.25, -0.2) is 4.98 Å². The van der Waals surface area contributed by atoms with Crippen molar-refractivity contribution in [1.82, 2.24) is 4.98 Å². The first kappa shape index (κ1) is 10.2. The number of nitrogens with zero attached hydrogens (tertiary/aromatic N) is 2. The van der Waals surface area contributed by atoms with Crippen molar-refractivity contribution in [2.75, 3.05) is 18.5 Å². The topological polar surface area (TPSA) is 33.2 Å². The summed E-state index contributed by atoms with van der Waals surface area (Å²) in [4.78, 5) is 16.5. The van der Waals surface area contributed by atoms with Gasteiger partial charge in [0.2, 0.25) is 0 Å². The molecule has 13 heavy (non-hydrogen) atoms. The Labute approximate surface area is 82.4 Å². The van der Waals surface area contributed by atoms with Gasteiger partial charge < -0.3 is 4.90 Å². The molecule has 1 aromatic rings. The van der Waals surface area contributed by atoms with Crippen molar-refractivity contribution in [1.29, 1.82) is 0 Å². The highest BCUT2D eigenvalue weighted by molar-refractivity contribution is 7.17. The second-order valence-electron chi connectivity index (χ2n) is 2.93. The standard InChI is InChI=1S/C9H14N2OS/c1-3-4-5-11(2)9-6-10-8(7-12)13-9/h6-7H,3-5H2,1-2H3. The maximum absolute atomic E-state index is 10.4. The minimum Gasteiger partial charge on any atom is -0.365 e. The van der Waals surface area contributed by atoms with Gasteiger partial charge in [0, 0.05) is 13.6 Å². The van der Waals surface area contributed by atoms with Crippen LogP contribution in [0.1, 0.15) is 29.6 Å². The van der Waals surface area contributed by atoms with Crippen molar-refractivity contribution < 1.29 is 4.79 Å². The van der Waals surface area contributed by atoms with Gasteiger partial charge >= 0.3 is 0 Å². The van der Waals surface area contributed by atoms with E-state index >= 15 is 0 Å². The van der Waals surface area contributed by atoms with Crippen LogP contribution in [0.15, 0.2) is 6.20 Å². The Morgan fingerprint density at radius 2 is 2.46 bits per heavy atom. The molecule has 1 heterocycles. The Morgan fingerprint density at radius 3 is 3.00 bits per heavy atom. The lowest BCUT2D eigenvalue weighted by Crippen LogP contribution is -2.16. The van der Waals surface area contributed by atoms with E-state index in [0.29, 0.717) is 5.01 Å². The number of aromatic nitrogens is 1. The number of carbonyl (C=O) groups excluding carboxylic acids is 1. The molecule has 0 aliphatic heterocycles. The van der Waals surface area contributed by atoms with Crippen LogP contribution in [0.5, 0.6) is 0 Å². The molecule has 4 heteroatoms. The molecule has 3 nitrogen and oxygen atoms in total. The number of anilines is 1. The molecule has 1 rings (SSSR count). The lowest BCUT2D eigenvalue weighted by Gasteiger charge is -2.14. The molecule has 0 fully saturated rings. The lowest BCUT2D eigenvalue weighted by molar-refractivity contribution is 0.112. The SMILES string of the molecule is CCCCN(C)c1cnc(C=O)s1. The lowest BCUT2D eigenvalue weighted by atomic mass is 10.3. The molecule has 0 aliphatic rings. The minimum atomic E-state index is 0.554. The normalized spacial score (nSPS) is 10.0. The third kappa shape index (κ3) is 2.81. The Balaban J connectivity index is 2.54. The summed E-state index contributed by atoms with van der Waals surface area (Å²) in [7, 11) is 2.03. The molecule has 0 N–H and O–H groups in total. The first-order valence-electron chi connectivity index (χ1n) is 4.40. The van der Waals surface area contributed by atoms with Crippen LogP contribution in [0.3, 0.4) is 0 Å². The van der Waals surface area contributed by atoms with E-state index < -0.39 is 0 Å². The summed E-state index contributed by atoms with van der Waals surface area (Å²) in [6.07, 6.45) is 4.90. The molecule has 0 unspecified atom stereocenters. The summed E-state index contributed by atoms with van der Waals surface area (Å²) in [5, 5.41) is 1.62. The van der Waals surface area contributed by atoms with E-state index in [4.69, 9.17) is 0 Å². The Bertz CT molecular complexity index is 272. The van der Waals surface area contributed by atoms with Crippen molar-refractivity contribution >= 4 is 22.6 Å². The third-order valence-corrected chi connectivity index (χ3v) is 2.87. The van der Waals surface area contributed by atoms with E-state index in [1.807, 2.05) is 7.05 Å². The number of carbonyl (C=O) groups is 1.